The number of carbonyl (C=O) groups excluding carboxylic acids is 2. The van der Waals surface area contributed by atoms with Gasteiger partial charge in [-0.05, 0) is 87.3 Å². The van der Waals surface area contributed by atoms with Crippen molar-refractivity contribution in [3.05, 3.63) is 36.4 Å². The van der Waals surface area contributed by atoms with Gasteiger partial charge in [-0.25, -0.2) is 4.79 Å². The van der Waals surface area contributed by atoms with E-state index in [0.29, 0.717) is 11.5 Å². The number of hydrogen-bond acceptors (Lipinski definition) is 5. The zero-order valence-electron chi connectivity index (χ0n) is 18.5. The summed E-state index contributed by atoms with van der Waals surface area (Å²) in [5.41, 5.74) is 0.945. The van der Waals surface area contributed by atoms with Crippen LogP contribution in [0.1, 0.15) is 51.0 Å². The third-order valence-corrected chi connectivity index (χ3v) is 7.06. The lowest BCUT2D eigenvalue weighted by Gasteiger charge is -2.57. The Kier molecular flexibility index (Phi) is 6.26. The maximum atomic E-state index is 12.8. The number of benzene rings is 1. The largest absolute Gasteiger partial charge is 0.493 e. The van der Waals surface area contributed by atoms with Crippen LogP contribution in [0.3, 0.4) is 0 Å². The molecule has 1 amide bonds. The second-order valence-corrected chi connectivity index (χ2v) is 9.59. The topological polar surface area (TPSA) is 73.9 Å². The molecule has 0 saturated heterocycles. The van der Waals surface area contributed by atoms with Crippen molar-refractivity contribution in [1.29, 1.82) is 0 Å². The number of nitrogens with one attached hydrogen (secondary N) is 1. The molecular formula is C25H33NO5. The lowest BCUT2D eigenvalue weighted by Crippen LogP contribution is -2.61. The van der Waals surface area contributed by atoms with Crippen molar-refractivity contribution in [2.45, 2.75) is 63.5 Å². The molecule has 0 spiro atoms. The second kappa shape index (κ2) is 8.93. The van der Waals surface area contributed by atoms with Crippen LogP contribution in [0.4, 0.5) is 0 Å². The van der Waals surface area contributed by atoms with Gasteiger partial charge in [0.1, 0.15) is 0 Å². The molecule has 1 aromatic carbocycles. The molecule has 0 radical (unpaired) electrons. The van der Waals surface area contributed by atoms with Crippen molar-refractivity contribution in [3.8, 4) is 11.5 Å². The van der Waals surface area contributed by atoms with Gasteiger partial charge in [0.15, 0.2) is 24.2 Å². The van der Waals surface area contributed by atoms with Crippen LogP contribution >= 0.6 is 0 Å². The molecule has 6 heteroatoms. The first-order chi connectivity index (χ1) is 14.9. The van der Waals surface area contributed by atoms with Gasteiger partial charge in [0.05, 0.1) is 7.11 Å². The van der Waals surface area contributed by atoms with Crippen molar-refractivity contribution >= 4 is 11.9 Å². The van der Waals surface area contributed by atoms with E-state index in [1.165, 1.54) is 19.3 Å². The average molecular weight is 428 g/mol. The highest BCUT2D eigenvalue weighted by molar-refractivity contribution is 5.84. The maximum Gasteiger partial charge on any atom is 0.344 e. The Labute approximate surface area is 184 Å². The van der Waals surface area contributed by atoms with Crippen molar-refractivity contribution in [1.82, 2.24) is 5.32 Å². The van der Waals surface area contributed by atoms with Crippen LogP contribution in [-0.4, -0.2) is 37.2 Å². The molecule has 4 aliphatic carbocycles. The number of rotatable bonds is 9. The fraction of sp³-hybridized carbons (Fsp3) is 0.600. The van der Waals surface area contributed by atoms with Gasteiger partial charge in [-0.3, -0.25) is 4.79 Å². The maximum absolute atomic E-state index is 12.8. The van der Waals surface area contributed by atoms with Crippen molar-refractivity contribution in [2.75, 3.05) is 13.7 Å². The van der Waals surface area contributed by atoms with Crippen LogP contribution in [0.15, 0.2) is 30.9 Å². The van der Waals surface area contributed by atoms with Gasteiger partial charge in [0.25, 0.3) is 5.91 Å². The Morgan fingerprint density at radius 1 is 1.16 bits per heavy atom. The van der Waals surface area contributed by atoms with Gasteiger partial charge in [0.2, 0.25) is 0 Å². The van der Waals surface area contributed by atoms with Crippen LogP contribution in [-0.2, 0) is 20.7 Å². The smallest absolute Gasteiger partial charge is 0.344 e. The number of allylic oxidation sites excluding steroid dienone is 1. The first kappa shape index (κ1) is 21.7. The van der Waals surface area contributed by atoms with Crippen LogP contribution in [0.2, 0.25) is 0 Å². The van der Waals surface area contributed by atoms with E-state index in [1.807, 2.05) is 18.2 Å². The number of carbonyl (C=O) groups is 2. The summed E-state index contributed by atoms with van der Waals surface area (Å²) in [4.78, 5) is 25.1. The Bertz CT molecular complexity index is 813. The molecule has 168 valence electrons. The van der Waals surface area contributed by atoms with Crippen LogP contribution in [0.25, 0.3) is 0 Å². The average Bonchev–Trinajstić information content (AvgIpc) is 2.71. The number of hydrogen-bond donors (Lipinski definition) is 1. The van der Waals surface area contributed by atoms with Crippen LogP contribution in [0.5, 0.6) is 11.5 Å². The van der Waals surface area contributed by atoms with E-state index in [9.17, 15) is 9.59 Å². The molecule has 0 aromatic heterocycles. The molecule has 4 bridgehead atoms. The van der Waals surface area contributed by atoms with E-state index in [0.717, 1.165) is 49.0 Å². The van der Waals surface area contributed by atoms with E-state index in [2.05, 4.69) is 11.9 Å². The summed E-state index contributed by atoms with van der Waals surface area (Å²) in [6.45, 7) is 5.07. The van der Waals surface area contributed by atoms with Gasteiger partial charge in [-0.15, -0.1) is 6.58 Å². The molecule has 4 saturated carbocycles. The zero-order valence-corrected chi connectivity index (χ0v) is 18.5. The first-order valence-electron chi connectivity index (χ1n) is 11.3. The fourth-order valence-corrected chi connectivity index (χ4v) is 6.17. The first-order valence-corrected chi connectivity index (χ1v) is 11.3. The summed E-state index contributed by atoms with van der Waals surface area (Å²) < 4.78 is 16.3. The minimum absolute atomic E-state index is 0.0937. The summed E-state index contributed by atoms with van der Waals surface area (Å²) in [6.07, 6.45) is 8.82. The van der Waals surface area contributed by atoms with E-state index < -0.39 is 12.1 Å². The summed E-state index contributed by atoms with van der Waals surface area (Å²) in [5, 5.41) is 3.25. The molecule has 6 nitrogen and oxygen atoms in total. The summed E-state index contributed by atoms with van der Waals surface area (Å²) >= 11 is 0. The molecule has 1 N–H and O–H groups in total. The Morgan fingerprint density at radius 2 is 1.81 bits per heavy atom. The summed E-state index contributed by atoms with van der Waals surface area (Å²) in [7, 11) is 1.55. The Hall–Kier alpha value is -2.50. The van der Waals surface area contributed by atoms with E-state index in [1.54, 1.807) is 20.1 Å². The molecule has 31 heavy (non-hydrogen) atoms. The predicted octanol–water partition coefficient (Wildman–Crippen LogP) is 3.82. The molecule has 4 fully saturated rings. The molecule has 5 rings (SSSR count). The number of amides is 1. The lowest BCUT2D eigenvalue weighted by molar-refractivity contribution is -0.158. The van der Waals surface area contributed by atoms with Crippen molar-refractivity contribution in [3.63, 3.8) is 0 Å². The van der Waals surface area contributed by atoms with Gasteiger partial charge in [-0.2, -0.15) is 0 Å². The molecule has 0 aliphatic heterocycles. The van der Waals surface area contributed by atoms with E-state index >= 15 is 0 Å². The monoisotopic (exact) mass is 427 g/mol. The highest BCUT2D eigenvalue weighted by atomic mass is 16.6. The number of methoxy groups -OCH3 is 1. The number of ether oxygens (including phenoxy) is 3. The summed E-state index contributed by atoms with van der Waals surface area (Å²) in [6, 6.07) is 5.50. The highest BCUT2D eigenvalue weighted by Crippen LogP contribution is 2.55. The van der Waals surface area contributed by atoms with Gasteiger partial charge in [-0.1, -0.05) is 12.1 Å². The standard InChI is InChI=1S/C25H33NO5/c1-4-5-17-6-7-21(22(11-17)29-3)30-15-23(27)31-16(2)24(28)26-25-12-18-8-19(13-25)10-20(9-18)14-25/h4,6-7,11,16,18-20H,1,5,8-10,12-15H2,2-3H3,(H,26,28)/t16-,18?,19?,20?,25?/m1/s1. The van der Waals surface area contributed by atoms with Crippen LogP contribution in [0, 0.1) is 17.8 Å². The highest BCUT2D eigenvalue weighted by Gasteiger charge is 2.51. The molecule has 1 aromatic rings. The lowest BCUT2D eigenvalue weighted by atomic mass is 9.53. The SMILES string of the molecule is C=CCc1ccc(OCC(=O)O[C@H](C)C(=O)NC23CC4CC(CC(C4)C2)C3)c(OC)c1. The van der Waals surface area contributed by atoms with Crippen LogP contribution < -0.4 is 14.8 Å². The normalized spacial score (nSPS) is 29.2. The van der Waals surface area contributed by atoms with E-state index in [-0.39, 0.29) is 18.1 Å². The minimum Gasteiger partial charge on any atom is -0.493 e. The molecular weight excluding hydrogens is 394 g/mol. The summed E-state index contributed by atoms with van der Waals surface area (Å²) in [5.74, 6) is 2.44. The quantitative estimate of drug-likeness (QED) is 0.479. The third-order valence-electron chi connectivity index (χ3n) is 7.06. The Balaban J connectivity index is 1.28. The van der Waals surface area contributed by atoms with Crippen molar-refractivity contribution in [2.24, 2.45) is 17.8 Å². The van der Waals surface area contributed by atoms with Gasteiger partial charge < -0.3 is 19.5 Å². The number of esters is 1. The zero-order chi connectivity index (χ0) is 22.0. The molecule has 0 unspecified atom stereocenters. The molecule has 4 aliphatic rings. The van der Waals surface area contributed by atoms with Gasteiger partial charge in [0, 0.05) is 5.54 Å². The minimum atomic E-state index is -0.846. The second-order valence-electron chi connectivity index (χ2n) is 9.59. The third kappa shape index (κ3) is 4.89. The molecule has 1 atom stereocenters. The van der Waals surface area contributed by atoms with E-state index in [4.69, 9.17) is 14.2 Å². The molecule has 0 heterocycles. The van der Waals surface area contributed by atoms with Gasteiger partial charge >= 0.3 is 5.97 Å². The fourth-order valence-electron chi connectivity index (χ4n) is 6.17. The predicted molar refractivity (Wildman–Crippen MR) is 117 cm³/mol. The van der Waals surface area contributed by atoms with Crippen molar-refractivity contribution < 1.29 is 23.8 Å². The Morgan fingerprint density at radius 3 is 2.39 bits per heavy atom.